The van der Waals surface area contributed by atoms with E-state index in [1.165, 1.54) is 18.9 Å². The molecular formula is C25H25N3O5S. The molecule has 1 aliphatic heterocycles. The minimum atomic E-state index is -1.05. The molecule has 1 aliphatic rings. The average Bonchev–Trinajstić information content (AvgIpc) is 3.38. The van der Waals surface area contributed by atoms with E-state index >= 15 is 0 Å². The summed E-state index contributed by atoms with van der Waals surface area (Å²) in [5.41, 5.74) is 2.31. The van der Waals surface area contributed by atoms with Gasteiger partial charge in [-0.2, -0.15) is 11.8 Å². The van der Waals surface area contributed by atoms with E-state index in [0.29, 0.717) is 5.75 Å². The maximum Gasteiger partial charge on any atom is 0.328 e. The van der Waals surface area contributed by atoms with Crippen LogP contribution in [0.15, 0.2) is 54.7 Å². The van der Waals surface area contributed by atoms with Crippen LogP contribution >= 0.6 is 11.8 Å². The standard InChI is InChI=1S/C25H25N3O5S/c1-33-25(32)20(13-15-14-26-19-10-6-5-7-16(15)19)27-22(29)21(11-12-34-2)28-23(30)17-8-3-4-9-18(17)24(28)31/h3-10,14,20-21,26H,11-13H2,1-2H3,(H,27,29)/t20-,21-/m0/s1. The van der Waals surface area contributed by atoms with Crippen LogP contribution in [0.5, 0.6) is 0 Å². The highest BCUT2D eigenvalue weighted by Crippen LogP contribution is 2.26. The van der Waals surface area contributed by atoms with Gasteiger partial charge in [0.15, 0.2) is 0 Å². The lowest BCUT2D eigenvalue weighted by molar-refractivity contribution is -0.145. The molecule has 0 fully saturated rings. The number of aromatic amines is 1. The third kappa shape index (κ3) is 4.43. The smallest absolute Gasteiger partial charge is 0.328 e. The zero-order valence-corrected chi connectivity index (χ0v) is 19.7. The van der Waals surface area contributed by atoms with Crippen molar-refractivity contribution in [1.82, 2.24) is 15.2 Å². The number of rotatable bonds is 9. The number of methoxy groups -OCH3 is 1. The fraction of sp³-hybridized carbons (Fsp3) is 0.280. The normalized spacial score (nSPS) is 14.7. The molecule has 0 saturated heterocycles. The number of nitrogens with one attached hydrogen (secondary N) is 2. The van der Waals surface area contributed by atoms with E-state index in [0.717, 1.165) is 21.4 Å². The highest BCUT2D eigenvalue weighted by Gasteiger charge is 2.43. The topological polar surface area (TPSA) is 109 Å². The van der Waals surface area contributed by atoms with E-state index in [1.54, 1.807) is 30.5 Å². The van der Waals surface area contributed by atoms with Gasteiger partial charge in [0.05, 0.1) is 18.2 Å². The lowest BCUT2D eigenvalue weighted by Gasteiger charge is -2.27. The van der Waals surface area contributed by atoms with Crippen molar-refractivity contribution in [3.63, 3.8) is 0 Å². The fourth-order valence-electron chi connectivity index (χ4n) is 4.22. The number of carbonyl (C=O) groups is 4. The molecule has 4 rings (SSSR count). The van der Waals surface area contributed by atoms with Crippen molar-refractivity contribution in [3.8, 4) is 0 Å². The first kappa shape index (κ1) is 23.6. The second-order valence-electron chi connectivity index (χ2n) is 7.97. The van der Waals surface area contributed by atoms with Crippen LogP contribution in [-0.2, 0) is 20.7 Å². The van der Waals surface area contributed by atoms with Crippen LogP contribution < -0.4 is 5.32 Å². The van der Waals surface area contributed by atoms with Crippen molar-refractivity contribution in [1.29, 1.82) is 0 Å². The number of para-hydroxylation sites is 1. The Bertz CT molecular complexity index is 1220. The molecular weight excluding hydrogens is 454 g/mol. The number of thioether (sulfide) groups is 1. The number of fused-ring (bicyclic) bond motifs is 2. The van der Waals surface area contributed by atoms with Gasteiger partial charge in [0.2, 0.25) is 5.91 Å². The highest BCUT2D eigenvalue weighted by molar-refractivity contribution is 7.98. The van der Waals surface area contributed by atoms with Gasteiger partial charge in [-0.25, -0.2) is 4.79 Å². The van der Waals surface area contributed by atoms with Gasteiger partial charge in [-0.05, 0) is 42.2 Å². The molecule has 0 saturated carbocycles. The zero-order chi connectivity index (χ0) is 24.2. The quantitative estimate of drug-likeness (QED) is 0.361. The van der Waals surface area contributed by atoms with E-state index in [9.17, 15) is 19.2 Å². The van der Waals surface area contributed by atoms with Crippen molar-refractivity contribution in [2.45, 2.75) is 24.9 Å². The first-order valence-electron chi connectivity index (χ1n) is 10.8. The largest absolute Gasteiger partial charge is 0.467 e. The van der Waals surface area contributed by atoms with E-state index < -0.39 is 35.8 Å². The van der Waals surface area contributed by atoms with Crippen LogP contribution in [0.2, 0.25) is 0 Å². The monoisotopic (exact) mass is 479 g/mol. The third-order valence-corrected chi connectivity index (χ3v) is 6.58. The first-order chi connectivity index (χ1) is 16.5. The molecule has 0 radical (unpaired) electrons. The summed E-state index contributed by atoms with van der Waals surface area (Å²) in [5, 5.41) is 3.68. The van der Waals surface area contributed by atoms with Crippen LogP contribution in [0.1, 0.15) is 32.7 Å². The molecule has 0 unspecified atom stereocenters. The Morgan fingerprint density at radius 1 is 1.06 bits per heavy atom. The maximum atomic E-state index is 13.4. The summed E-state index contributed by atoms with van der Waals surface area (Å²) < 4.78 is 4.94. The molecule has 2 aromatic carbocycles. The molecule has 176 valence electrons. The number of hydrogen-bond donors (Lipinski definition) is 2. The Balaban J connectivity index is 1.59. The minimum absolute atomic E-state index is 0.194. The van der Waals surface area contributed by atoms with Crippen molar-refractivity contribution >= 4 is 46.4 Å². The number of nitrogens with zero attached hydrogens (tertiary/aromatic N) is 1. The molecule has 2 atom stereocenters. The lowest BCUT2D eigenvalue weighted by atomic mass is 10.0. The van der Waals surface area contributed by atoms with Crippen molar-refractivity contribution in [3.05, 3.63) is 71.4 Å². The molecule has 2 heterocycles. The van der Waals surface area contributed by atoms with Crippen LogP contribution in [0, 0.1) is 0 Å². The summed E-state index contributed by atoms with van der Waals surface area (Å²) in [6.45, 7) is 0. The van der Waals surface area contributed by atoms with Gasteiger partial charge in [-0.1, -0.05) is 30.3 Å². The Kier molecular flexibility index (Phi) is 7.02. The van der Waals surface area contributed by atoms with Gasteiger partial charge >= 0.3 is 5.97 Å². The number of aromatic nitrogens is 1. The Hall–Kier alpha value is -3.59. The van der Waals surface area contributed by atoms with Crippen molar-refractivity contribution < 1.29 is 23.9 Å². The third-order valence-electron chi connectivity index (χ3n) is 5.94. The fourth-order valence-corrected chi connectivity index (χ4v) is 4.68. The number of esters is 1. The number of H-pyrrole nitrogens is 1. The summed E-state index contributed by atoms with van der Waals surface area (Å²) in [5.74, 6) is -1.64. The maximum absolute atomic E-state index is 13.4. The van der Waals surface area contributed by atoms with Gasteiger partial charge < -0.3 is 15.0 Å². The average molecular weight is 480 g/mol. The zero-order valence-electron chi connectivity index (χ0n) is 18.9. The van der Waals surface area contributed by atoms with Gasteiger partial charge in [0.1, 0.15) is 12.1 Å². The summed E-state index contributed by atoms with van der Waals surface area (Å²) >= 11 is 1.50. The molecule has 3 amide bonds. The van der Waals surface area contributed by atoms with E-state index in [4.69, 9.17) is 4.74 Å². The predicted octanol–water partition coefficient (Wildman–Crippen LogP) is 2.79. The number of hydrogen-bond acceptors (Lipinski definition) is 6. The lowest BCUT2D eigenvalue weighted by Crippen LogP contribution is -2.54. The number of amides is 3. The second-order valence-corrected chi connectivity index (χ2v) is 8.96. The highest BCUT2D eigenvalue weighted by atomic mass is 32.2. The second kappa shape index (κ2) is 10.1. The summed E-state index contributed by atoms with van der Waals surface area (Å²) in [4.78, 5) is 56.2. The van der Waals surface area contributed by atoms with Crippen molar-refractivity contribution in [2.75, 3.05) is 19.1 Å². The Morgan fingerprint density at radius 3 is 2.35 bits per heavy atom. The molecule has 34 heavy (non-hydrogen) atoms. The first-order valence-corrected chi connectivity index (χ1v) is 12.2. The molecule has 8 nitrogen and oxygen atoms in total. The van der Waals surface area contributed by atoms with Crippen LogP contribution in [0.25, 0.3) is 10.9 Å². The minimum Gasteiger partial charge on any atom is -0.467 e. The van der Waals surface area contributed by atoms with Crippen LogP contribution in [0.3, 0.4) is 0 Å². The van der Waals surface area contributed by atoms with E-state index in [-0.39, 0.29) is 24.0 Å². The molecule has 0 aliphatic carbocycles. The van der Waals surface area contributed by atoms with E-state index in [1.807, 2.05) is 30.5 Å². The van der Waals surface area contributed by atoms with Crippen molar-refractivity contribution in [2.24, 2.45) is 0 Å². The Labute approximate surface area is 201 Å². The predicted molar refractivity (Wildman–Crippen MR) is 130 cm³/mol. The molecule has 2 N–H and O–H groups in total. The van der Waals surface area contributed by atoms with Gasteiger partial charge in [-0.15, -0.1) is 0 Å². The van der Waals surface area contributed by atoms with Gasteiger partial charge in [0.25, 0.3) is 11.8 Å². The molecule has 9 heteroatoms. The summed E-state index contributed by atoms with van der Waals surface area (Å²) in [6, 6.07) is 12.1. The number of benzene rings is 2. The van der Waals surface area contributed by atoms with Crippen LogP contribution in [0.4, 0.5) is 0 Å². The molecule has 0 spiro atoms. The summed E-state index contributed by atoms with van der Waals surface area (Å²) in [7, 11) is 1.26. The van der Waals surface area contributed by atoms with E-state index in [2.05, 4.69) is 10.3 Å². The van der Waals surface area contributed by atoms with Crippen LogP contribution in [-0.4, -0.2) is 64.8 Å². The molecule has 1 aromatic heterocycles. The SMILES string of the molecule is COC(=O)[C@H](Cc1c[nH]c2ccccc12)NC(=O)[C@H](CCSC)N1C(=O)c2ccccc2C1=O. The summed E-state index contributed by atoms with van der Waals surface area (Å²) in [6.07, 6.45) is 4.13. The van der Waals surface area contributed by atoms with Gasteiger partial charge in [0, 0.05) is 23.5 Å². The Morgan fingerprint density at radius 2 is 1.71 bits per heavy atom. The molecule has 0 bridgehead atoms. The van der Waals surface area contributed by atoms with Gasteiger partial charge in [-0.3, -0.25) is 19.3 Å². The number of carbonyl (C=O) groups excluding carboxylic acids is 4. The molecule has 3 aromatic rings. The number of imide groups is 1. The number of ether oxygens (including phenoxy) is 1.